The molecule has 0 fully saturated rings. The smallest absolute Gasteiger partial charge is 0.305 e. The summed E-state index contributed by atoms with van der Waals surface area (Å²) in [5.74, 6) is -0.129. The molecule has 0 aliphatic carbocycles. The van der Waals surface area contributed by atoms with Crippen molar-refractivity contribution < 1.29 is 9.53 Å². The third-order valence-corrected chi connectivity index (χ3v) is 2.30. The van der Waals surface area contributed by atoms with Gasteiger partial charge in [0.05, 0.1) is 7.11 Å². The summed E-state index contributed by atoms with van der Waals surface area (Å²) < 4.78 is 4.54. The van der Waals surface area contributed by atoms with Gasteiger partial charge in [-0.25, -0.2) is 0 Å². The molecule has 1 radical (unpaired) electrons. The molecule has 0 atom stereocenters. The van der Waals surface area contributed by atoms with Crippen LogP contribution in [0.3, 0.4) is 0 Å². The number of unbranched alkanes of at least 4 members (excludes halogenated alkanes) is 7. The lowest BCUT2D eigenvalue weighted by atomic mass is 10.1. The first kappa shape index (κ1) is 13.5. The quantitative estimate of drug-likeness (QED) is 0.419. The fraction of sp³-hybridized carbons (Fsp3) is 0.833. The van der Waals surface area contributed by atoms with Crippen LogP contribution < -0.4 is 0 Å². The molecule has 0 unspecified atom stereocenters. The Bertz CT molecular complexity index is 132. The lowest BCUT2D eigenvalue weighted by Crippen LogP contribution is -1.99. The van der Waals surface area contributed by atoms with Crippen LogP contribution in [0.15, 0.2) is 0 Å². The molecule has 0 aliphatic heterocycles. The summed E-state index contributed by atoms with van der Waals surface area (Å²) in [5.41, 5.74) is 0. The molecule has 0 aliphatic rings. The van der Waals surface area contributed by atoms with E-state index in [4.69, 9.17) is 0 Å². The van der Waals surface area contributed by atoms with Crippen molar-refractivity contribution in [3.05, 3.63) is 6.42 Å². The first-order valence-corrected chi connectivity index (χ1v) is 5.69. The van der Waals surface area contributed by atoms with Gasteiger partial charge in [-0.2, -0.15) is 0 Å². The van der Waals surface area contributed by atoms with Gasteiger partial charge in [-0.1, -0.05) is 45.4 Å². The van der Waals surface area contributed by atoms with Gasteiger partial charge in [0.15, 0.2) is 0 Å². The molecule has 0 amide bonds. The molecule has 0 saturated heterocycles. The Hall–Kier alpha value is -0.530. The van der Waals surface area contributed by atoms with Crippen molar-refractivity contribution in [2.75, 3.05) is 7.11 Å². The number of rotatable bonds is 9. The van der Waals surface area contributed by atoms with Crippen LogP contribution in [0.25, 0.3) is 0 Å². The summed E-state index contributed by atoms with van der Waals surface area (Å²) in [6.07, 6.45) is 11.4. The van der Waals surface area contributed by atoms with Crippen molar-refractivity contribution in [3.63, 3.8) is 0 Å². The third kappa shape index (κ3) is 9.56. The number of methoxy groups -OCH3 is 1. The predicted molar refractivity (Wildman–Crippen MR) is 58.9 cm³/mol. The molecule has 0 heterocycles. The van der Waals surface area contributed by atoms with Crippen LogP contribution in [-0.4, -0.2) is 13.1 Å². The topological polar surface area (TPSA) is 26.3 Å². The van der Waals surface area contributed by atoms with E-state index < -0.39 is 0 Å². The van der Waals surface area contributed by atoms with Crippen LogP contribution in [0.4, 0.5) is 0 Å². The molecule has 2 heteroatoms. The van der Waals surface area contributed by atoms with Crippen molar-refractivity contribution >= 4 is 5.97 Å². The highest BCUT2D eigenvalue weighted by Crippen LogP contribution is 2.08. The first-order valence-electron chi connectivity index (χ1n) is 5.69. The van der Waals surface area contributed by atoms with Crippen molar-refractivity contribution in [2.24, 2.45) is 0 Å². The van der Waals surface area contributed by atoms with Gasteiger partial charge in [-0.3, -0.25) is 4.79 Å². The van der Waals surface area contributed by atoms with E-state index in [0.29, 0.717) is 6.42 Å². The van der Waals surface area contributed by atoms with E-state index in [9.17, 15) is 4.79 Å². The summed E-state index contributed by atoms with van der Waals surface area (Å²) in [7, 11) is 1.43. The Kier molecular flexibility index (Phi) is 10.2. The van der Waals surface area contributed by atoms with Gasteiger partial charge in [0.25, 0.3) is 0 Å². The van der Waals surface area contributed by atoms with E-state index in [1.807, 2.05) is 6.42 Å². The maximum atomic E-state index is 10.7. The zero-order valence-corrected chi connectivity index (χ0v) is 9.55. The minimum absolute atomic E-state index is 0.129. The fourth-order valence-electron chi connectivity index (χ4n) is 1.37. The van der Waals surface area contributed by atoms with Crippen LogP contribution in [-0.2, 0) is 9.53 Å². The minimum atomic E-state index is -0.129. The summed E-state index contributed by atoms with van der Waals surface area (Å²) in [6, 6.07) is 0. The van der Waals surface area contributed by atoms with Gasteiger partial charge in [0.2, 0.25) is 0 Å². The molecule has 0 aromatic heterocycles. The average molecular weight is 199 g/mol. The molecular weight excluding hydrogens is 176 g/mol. The molecule has 2 nitrogen and oxygen atoms in total. The number of ether oxygens (including phenoxy) is 1. The molecule has 0 N–H and O–H groups in total. The van der Waals surface area contributed by atoms with Crippen molar-refractivity contribution in [1.29, 1.82) is 0 Å². The lowest BCUT2D eigenvalue weighted by molar-refractivity contribution is -0.139. The van der Waals surface area contributed by atoms with Gasteiger partial charge in [0, 0.05) is 6.42 Å². The maximum Gasteiger partial charge on any atom is 0.305 e. The summed E-state index contributed by atoms with van der Waals surface area (Å²) >= 11 is 0. The molecule has 83 valence electrons. The number of carbonyl (C=O) groups is 1. The van der Waals surface area contributed by atoms with E-state index in [2.05, 4.69) is 11.7 Å². The van der Waals surface area contributed by atoms with Crippen molar-refractivity contribution in [3.8, 4) is 0 Å². The first-order chi connectivity index (χ1) is 6.81. The van der Waals surface area contributed by atoms with E-state index in [0.717, 1.165) is 6.42 Å². The van der Waals surface area contributed by atoms with Gasteiger partial charge >= 0.3 is 5.97 Å². The maximum absolute atomic E-state index is 10.7. The van der Waals surface area contributed by atoms with E-state index >= 15 is 0 Å². The van der Waals surface area contributed by atoms with Gasteiger partial charge < -0.3 is 4.74 Å². The minimum Gasteiger partial charge on any atom is -0.469 e. The Balaban J connectivity index is 2.95. The molecular formula is C12H23O2. The largest absolute Gasteiger partial charge is 0.469 e. The van der Waals surface area contributed by atoms with Crippen LogP contribution in [0.1, 0.15) is 58.3 Å². The number of hydrogen-bond acceptors (Lipinski definition) is 2. The number of esters is 1. The van der Waals surface area contributed by atoms with Crippen LogP contribution in [0.2, 0.25) is 0 Å². The second-order valence-corrected chi connectivity index (χ2v) is 3.63. The second kappa shape index (κ2) is 10.6. The molecule has 0 rings (SSSR count). The molecule has 0 aromatic rings. The van der Waals surface area contributed by atoms with E-state index in [1.54, 1.807) is 0 Å². The average Bonchev–Trinajstić information content (AvgIpc) is 2.21. The SMILES string of the molecule is CCCCCCCC[CH]CC(=O)OC. The van der Waals surface area contributed by atoms with Gasteiger partial charge in [0.1, 0.15) is 0 Å². The standard InChI is InChI=1S/C12H23O2/c1-3-4-5-6-7-8-9-10-11-12(13)14-2/h10H,3-9,11H2,1-2H3. The Labute approximate surface area is 88.0 Å². The van der Waals surface area contributed by atoms with E-state index in [1.165, 1.54) is 45.6 Å². The zero-order valence-electron chi connectivity index (χ0n) is 9.55. The van der Waals surface area contributed by atoms with Crippen LogP contribution in [0.5, 0.6) is 0 Å². The van der Waals surface area contributed by atoms with Crippen LogP contribution >= 0.6 is 0 Å². The molecule has 0 saturated carbocycles. The monoisotopic (exact) mass is 199 g/mol. The Morgan fingerprint density at radius 2 is 1.79 bits per heavy atom. The summed E-state index contributed by atoms with van der Waals surface area (Å²) in [5, 5.41) is 0. The Morgan fingerprint density at radius 1 is 1.14 bits per heavy atom. The van der Waals surface area contributed by atoms with E-state index in [-0.39, 0.29) is 5.97 Å². The molecule has 0 aromatic carbocycles. The highest BCUT2D eigenvalue weighted by Gasteiger charge is 1.98. The molecule has 0 spiro atoms. The van der Waals surface area contributed by atoms with Crippen molar-refractivity contribution in [1.82, 2.24) is 0 Å². The molecule has 14 heavy (non-hydrogen) atoms. The zero-order chi connectivity index (χ0) is 10.6. The van der Waals surface area contributed by atoms with Crippen LogP contribution in [0, 0.1) is 6.42 Å². The van der Waals surface area contributed by atoms with Gasteiger partial charge in [-0.05, 0) is 12.8 Å². The number of hydrogen-bond donors (Lipinski definition) is 0. The third-order valence-electron chi connectivity index (χ3n) is 2.30. The fourth-order valence-corrected chi connectivity index (χ4v) is 1.37. The summed E-state index contributed by atoms with van der Waals surface area (Å²) in [6.45, 7) is 2.23. The molecule has 0 bridgehead atoms. The highest BCUT2D eigenvalue weighted by molar-refractivity contribution is 5.70. The van der Waals surface area contributed by atoms with Crippen molar-refractivity contribution in [2.45, 2.75) is 58.3 Å². The normalized spacial score (nSPS) is 10.1. The highest BCUT2D eigenvalue weighted by atomic mass is 16.5. The second-order valence-electron chi connectivity index (χ2n) is 3.63. The number of carbonyl (C=O) groups excluding carboxylic acids is 1. The Morgan fingerprint density at radius 3 is 2.43 bits per heavy atom. The van der Waals surface area contributed by atoms with Gasteiger partial charge in [-0.15, -0.1) is 0 Å². The lowest BCUT2D eigenvalue weighted by Gasteiger charge is -2.00. The summed E-state index contributed by atoms with van der Waals surface area (Å²) in [4.78, 5) is 10.7. The predicted octanol–water partition coefficient (Wildman–Crippen LogP) is 3.50.